The molecule has 0 bridgehead atoms. The molecule has 1 aromatic rings. The summed E-state index contributed by atoms with van der Waals surface area (Å²) in [5, 5.41) is 14.2. The first kappa shape index (κ1) is 7.36. The van der Waals surface area contributed by atoms with Crippen LogP contribution < -0.4 is 10.6 Å². The lowest BCUT2D eigenvalue weighted by atomic mass is 10.6. The van der Waals surface area contributed by atoms with E-state index < -0.39 is 0 Å². The molecule has 0 aliphatic carbocycles. The third kappa shape index (κ3) is 1.39. The van der Waals surface area contributed by atoms with Crippen molar-refractivity contribution >= 4 is 15.9 Å². The van der Waals surface area contributed by atoms with Gasteiger partial charge in [-0.25, -0.2) is 0 Å². The Morgan fingerprint density at radius 3 is 3.00 bits per heavy atom. The number of nitrogens with zero attached hydrogens (tertiary/aromatic N) is 3. The van der Waals surface area contributed by atoms with Gasteiger partial charge in [-0.05, 0) is 20.9 Å². The first-order valence-electron chi connectivity index (χ1n) is 2.55. The van der Waals surface area contributed by atoms with Crippen molar-refractivity contribution in [3.63, 3.8) is 0 Å². The Morgan fingerprint density at radius 2 is 2.50 bits per heavy atom. The Bertz CT molecular complexity index is 241. The average Bonchev–Trinajstić information content (AvgIpc) is 1.88. The molecule has 0 aliphatic heterocycles. The largest absolute Gasteiger partial charge is 0.691 e. The third-order valence-corrected chi connectivity index (χ3v) is 1.27. The predicted octanol–water partition coefficient (Wildman–Crippen LogP) is -0.669. The second kappa shape index (κ2) is 2.89. The topological polar surface area (TPSA) is 78.7 Å². The van der Waals surface area contributed by atoms with Crippen molar-refractivity contribution in [2.45, 2.75) is 6.54 Å². The maximum absolute atomic E-state index is 10.7. The molecule has 10 heavy (non-hydrogen) atoms. The second-order valence-corrected chi connectivity index (χ2v) is 2.39. The maximum atomic E-state index is 10.7. The van der Waals surface area contributed by atoms with Crippen LogP contribution in [0.3, 0.4) is 0 Å². The van der Waals surface area contributed by atoms with Crippen molar-refractivity contribution < 1.29 is 4.85 Å². The van der Waals surface area contributed by atoms with E-state index in [0.29, 0.717) is 9.45 Å². The molecule has 1 aromatic heterocycles. The quantitative estimate of drug-likeness (QED) is 0.487. The fraction of sp³-hybridized carbons (Fsp3) is 0.250. The number of hydrogen-bond donors (Lipinski definition) is 1. The minimum atomic E-state index is 0.101. The van der Waals surface area contributed by atoms with E-state index in [9.17, 15) is 5.21 Å². The van der Waals surface area contributed by atoms with Crippen LogP contribution in [-0.2, 0) is 6.54 Å². The van der Waals surface area contributed by atoms with Gasteiger partial charge in [0, 0.05) is 0 Å². The van der Waals surface area contributed by atoms with E-state index in [1.165, 1.54) is 6.20 Å². The molecule has 5 nitrogen and oxygen atoms in total. The van der Waals surface area contributed by atoms with Gasteiger partial charge in [-0.1, -0.05) is 5.10 Å². The molecule has 0 aromatic carbocycles. The fourth-order valence-electron chi connectivity index (χ4n) is 0.478. The molecule has 0 saturated carbocycles. The smallest absolute Gasteiger partial charge is 0.336 e. The van der Waals surface area contributed by atoms with Crippen molar-refractivity contribution in [2.75, 3.05) is 0 Å². The molecule has 54 valence electrons. The highest BCUT2D eigenvalue weighted by molar-refractivity contribution is 9.10. The van der Waals surface area contributed by atoms with Gasteiger partial charge in [-0.2, -0.15) is 0 Å². The summed E-state index contributed by atoms with van der Waals surface area (Å²) < 4.78 is 0.403. The summed E-state index contributed by atoms with van der Waals surface area (Å²) in [6.45, 7) is 0.101. The van der Waals surface area contributed by atoms with Gasteiger partial charge in [-0.3, -0.25) is 0 Å². The highest BCUT2D eigenvalue weighted by Crippen LogP contribution is 1.97. The summed E-state index contributed by atoms with van der Waals surface area (Å²) in [7, 11) is 0. The predicted molar refractivity (Wildman–Crippen MR) is 36.6 cm³/mol. The first-order chi connectivity index (χ1) is 4.74. The molecule has 0 saturated heterocycles. The van der Waals surface area contributed by atoms with E-state index in [1.54, 1.807) is 0 Å². The number of rotatable bonds is 1. The van der Waals surface area contributed by atoms with Gasteiger partial charge in [0.25, 0.3) is 0 Å². The van der Waals surface area contributed by atoms with Crippen LogP contribution in [0.25, 0.3) is 0 Å². The van der Waals surface area contributed by atoms with Crippen LogP contribution in [0, 0.1) is 5.21 Å². The molecular weight excluding hydrogens is 200 g/mol. The number of hydrogen-bond acceptors (Lipinski definition) is 4. The van der Waals surface area contributed by atoms with Gasteiger partial charge in [0.2, 0.25) is 0 Å². The molecule has 0 atom stereocenters. The van der Waals surface area contributed by atoms with Crippen molar-refractivity contribution in [2.24, 2.45) is 5.73 Å². The zero-order valence-electron chi connectivity index (χ0n) is 4.99. The number of halogens is 1. The van der Waals surface area contributed by atoms with E-state index in [4.69, 9.17) is 5.73 Å². The van der Waals surface area contributed by atoms with Gasteiger partial charge in [0.15, 0.2) is 10.8 Å². The van der Waals surface area contributed by atoms with E-state index >= 15 is 0 Å². The molecular formula is C4H5BrN4O. The molecule has 1 rings (SSSR count). The molecule has 0 fully saturated rings. The second-order valence-electron chi connectivity index (χ2n) is 1.57. The van der Waals surface area contributed by atoms with Crippen LogP contribution in [0.5, 0.6) is 0 Å². The van der Waals surface area contributed by atoms with Gasteiger partial charge in [-0.15, -0.1) is 4.85 Å². The Labute approximate surface area is 65.6 Å². The fourth-order valence-corrected chi connectivity index (χ4v) is 0.725. The van der Waals surface area contributed by atoms with E-state index in [1.807, 2.05) is 0 Å². The summed E-state index contributed by atoms with van der Waals surface area (Å²) in [5.74, 6) is 0.211. The third-order valence-electron chi connectivity index (χ3n) is 0.910. The monoisotopic (exact) mass is 204 g/mol. The normalized spacial score (nSPS) is 9.80. The lowest BCUT2D eigenvalue weighted by Gasteiger charge is -1.99. The van der Waals surface area contributed by atoms with Crippen molar-refractivity contribution in [1.29, 1.82) is 0 Å². The van der Waals surface area contributed by atoms with E-state index in [0.717, 1.165) is 0 Å². The molecule has 0 radical (unpaired) electrons. The molecule has 0 aliphatic rings. The van der Waals surface area contributed by atoms with E-state index in [2.05, 4.69) is 26.0 Å². The van der Waals surface area contributed by atoms with Crippen LogP contribution in [-0.4, -0.2) is 10.1 Å². The van der Waals surface area contributed by atoms with Crippen LogP contribution in [0.4, 0.5) is 0 Å². The van der Waals surface area contributed by atoms with Crippen molar-refractivity contribution in [3.8, 4) is 0 Å². The van der Waals surface area contributed by atoms with Gasteiger partial charge < -0.3 is 10.9 Å². The summed E-state index contributed by atoms with van der Waals surface area (Å²) in [6.07, 6.45) is 1.43. The number of nitrogens with two attached hydrogens (primary N) is 1. The minimum absolute atomic E-state index is 0.101. The Morgan fingerprint density at radius 1 is 1.80 bits per heavy atom. The van der Waals surface area contributed by atoms with E-state index in [-0.39, 0.29) is 12.4 Å². The molecule has 0 unspecified atom stereocenters. The Kier molecular flexibility index (Phi) is 2.13. The summed E-state index contributed by atoms with van der Waals surface area (Å²) in [4.78, 5) is 4.11. The highest BCUT2D eigenvalue weighted by Gasteiger charge is 2.05. The summed E-state index contributed by atoms with van der Waals surface area (Å²) in [5.41, 5.74) is 5.16. The zero-order valence-corrected chi connectivity index (χ0v) is 6.58. The van der Waals surface area contributed by atoms with Crippen LogP contribution >= 0.6 is 15.9 Å². The summed E-state index contributed by atoms with van der Waals surface area (Å²) in [6, 6.07) is 0. The Hall–Kier alpha value is -0.750. The highest BCUT2D eigenvalue weighted by atomic mass is 79.9. The molecule has 0 amide bonds. The zero-order chi connectivity index (χ0) is 7.56. The van der Waals surface area contributed by atoms with Gasteiger partial charge >= 0.3 is 5.82 Å². The van der Waals surface area contributed by atoms with Crippen LogP contribution in [0.15, 0.2) is 10.8 Å². The van der Waals surface area contributed by atoms with Crippen molar-refractivity contribution in [1.82, 2.24) is 10.1 Å². The molecule has 6 heteroatoms. The van der Waals surface area contributed by atoms with Gasteiger partial charge in [0.1, 0.15) is 6.54 Å². The van der Waals surface area contributed by atoms with Crippen LogP contribution in [0.1, 0.15) is 5.82 Å². The lowest BCUT2D eigenvalue weighted by Crippen LogP contribution is -2.38. The van der Waals surface area contributed by atoms with Gasteiger partial charge in [0.05, 0.1) is 0 Å². The molecule has 1 heterocycles. The lowest BCUT2D eigenvalue weighted by molar-refractivity contribution is -0.681. The van der Waals surface area contributed by atoms with Crippen molar-refractivity contribution in [3.05, 3.63) is 21.8 Å². The molecule has 0 spiro atoms. The summed E-state index contributed by atoms with van der Waals surface area (Å²) >= 11 is 2.99. The average molecular weight is 205 g/mol. The van der Waals surface area contributed by atoms with Crippen LogP contribution in [0.2, 0.25) is 0 Å². The Balaban J connectivity index is 3.07. The standard InChI is InChI=1S/C4H5BrN4O/c5-3-2-7-4(1-6)9(10)8-3/h2H,1,6H2. The molecule has 2 N–H and O–H groups in total. The minimum Gasteiger partial charge on any atom is -0.691 e. The SMILES string of the molecule is NCc1ncc(Br)n[n+]1[O-]. The first-order valence-corrected chi connectivity index (χ1v) is 3.34. The number of aromatic nitrogens is 3. The maximum Gasteiger partial charge on any atom is 0.336 e.